The SMILES string of the molecule is O=[N+]([O-])c1ccc([O-])cc1.[Sn+2]. The van der Waals surface area contributed by atoms with Crippen LogP contribution in [0.3, 0.4) is 0 Å². The Morgan fingerprint density at radius 2 is 1.64 bits per heavy atom. The molecule has 1 aromatic carbocycles. The molecule has 1 aromatic rings. The van der Waals surface area contributed by atoms with Crippen LogP contribution >= 0.6 is 0 Å². The predicted molar refractivity (Wildman–Crippen MR) is 38.3 cm³/mol. The van der Waals surface area contributed by atoms with E-state index in [-0.39, 0.29) is 35.3 Å². The smallest absolute Gasteiger partial charge is 0.872 e. The van der Waals surface area contributed by atoms with Gasteiger partial charge in [0, 0.05) is 12.1 Å². The average molecular weight is 257 g/mol. The molecular formula is C6H4NO3Sn+. The summed E-state index contributed by atoms with van der Waals surface area (Å²) in [5, 5.41) is 20.4. The fourth-order valence-corrected chi connectivity index (χ4v) is 0.568. The first-order chi connectivity index (χ1) is 4.70. The number of hydrogen-bond donors (Lipinski definition) is 0. The third kappa shape index (κ3) is 2.75. The van der Waals surface area contributed by atoms with E-state index in [9.17, 15) is 15.2 Å². The zero-order chi connectivity index (χ0) is 7.56. The van der Waals surface area contributed by atoms with Crippen molar-refractivity contribution < 1.29 is 10.0 Å². The van der Waals surface area contributed by atoms with Gasteiger partial charge in [-0.3, -0.25) is 10.1 Å². The second kappa shape index (κ2) is 4.17. The van der Waals surface area contributed by atoms with Crippen molar-refractivity contribution in [2.24, 2.45) is 0 Å². The van der Waals surface area contributed by atoms with E-state index in [2.05, 4.69) is 0 Å². The number of non-ortho nitro benzene ring substituents is 1. The Morgan fingerprint density at radius 1 is 1.18 bits per heavy atom. The fraction of sp³-hybridized carbons (Fsp3) is 0. The minimum absolute atomic E-state index is 0. The summed E-state index contributed by atoms with van der Waals surface area (Å²) in [6.07, 6.45) is 0. The van der Waals surface area contributed by atoms with Gasteiger partial charge in [0.15, 0.2) is 0 Å². The molecule has 0 aromatic heterocycles. The first-order valence-electron chi connectivity index (χ1n) is 2.61. The van der Waals surface area contributed by atoms with Gasteiger partial charge < -0.3 is 5.11 Å². The summed E-state index contributed by atoms with van der Waals surface area (Å²) in [6, 6.07) is 4.70. The average Bonchev–Trinajstić information content (AvgIpc) is 1.88. The molecule has 0 heterocycles. The van der Waals surface area contributed by atoms with E-state index >= 15 is 0 Å². The van der Waals surface area contributed by atoms with Crippen LogP contribution in [0.2, 0.25) is 0 Å². The molecule has 0 amide bonds. The molecule has 54 valence electrons. The number of rotatable bonds is 1. The molecule has 0 bridgehead atoms. The van der Waals surface area contributed by atoms with E-state index in [1.165, 1.54) is 12.1 Å². The number of benzene rings is 1. The third-order valence-electron chi connectivity index (χ3n) is 1.05. The molecule has 2 radical (unpaired) electrons. The molecule has 0 aliphatic carbocycles. The Hall–Kier alpha value is -0.781. The maximum atomic E-state index is 10.4. The van der Waals surface area contributed by atoms with Crippen molar-refractivity contribution in [3.63, 3.8) is 0 Å². The first-order valence-corrected chi connectivity index (χ1v) is 2.61. The zero-order valence-electron chi connectivity index (χ0n) is 5.48. The topological polar surface area (TPSA) is 66.2 Å². The van der Waals surface area contributed by atoms with Gasteiger partial charge in [-0.2, -0.15) is 0 Å². The van der Waals surface area contributed by atoms with Crippen LogP contribution < -0.4 is 5.11 Å². The monoisotopic (exact) mass is 258 g/mol. The minimum Gasteiger partial charge on any atom is -0.872 e. The van der Waals surface area contributed by atoms with Gasteiger partial charge in [0.1, 0.15) is 0 Å². The van der Waals surface area contributed by atoms with Crippen LogP contribution in [0.25, 0.3) is 0 Å². The Morgan fingerprint density at radius 3 is 2.00 bits per heavy atom. The molecule has 0 spiro atoms. The summed E-state index contributed by atoms with van der Waals surface area (Å²) in [6.45, 7) is 0. The Bertz CT molecular complexity index is 247. The molecule has 0 unspecified atom stereocenters. The molecule has 4 nitrogen and oxygen atoms in total. The molecule has 0 N–H and O–H groups in total. The molecule has 11 heavy (non-hydrogen) atoms. The summed E-state index contributed by atoms with van der Waals surface area (Å²) in [4.78, 5) is 9.47. The standard InChI is InChI=1S/C6H5NO3.Sn/c8-6-3-1-5(2-4-6)7(9)10;/h1-4,8H;/q;+2/p-1. The van der Waals surface area contributed by atoms with Gasteiger partial charge in [-0.15, -0.1) is 5.75 Å². The maximum Gasteiger partial charge on any atom is 2.00 e. The normalized spacial score (nSPS) is 8.36. The molecule has 0 aliphatic heterocycles. The zero-order valence-corrected chi connectivity index (χ0v) is 8.34. The Kier molecular flexibility index (Phi) is 3.87. The predicted octanol–water partition coefficient (Wildman–Crippen LogP) is 0.288. The molecule has 0 fully saturated rings. The van der Waals surface area contributed by atoms with Crippen LogP contribution in [0.1, 0.15) is 0 Å². The Labute approximate surface area is 80.0 Å². The largest absolute Gasteiger partial charge is 2.00 e. The van der Waals surface area contributed by atoms with E-state index in [0.717, 1.165) is 12.1 Å². The summed E-state index contributed by atoms with van der Waals surface area (Å²) in [5.41, 5.74) is -0.0559. The summed E-state index contributed by atoms with van der Waals surface area (Å²) in [5.74, 6) is -0.217. The fourth-order valence-electron chi connectivity index (χ4n) is 0.568. The van der Waals surface area contributed by atoms with E-state index < -0.39 is 4.92 Å². The summed E-state index contributed by atoms with van der Waals surface area (Å²) < 4.78 is 0. The van der Waals surface area contributed by atoms with Crippen LogP contribution in [0.4, 0.5) is 5.69 Å². The number of nitrogens with zero attached hydrogens (tertiary/aromatic N) is 1. The number of nitro groups is 1. The van der Waals surface area contributed by atoms with E-state index in [1.807, 2.05) is 0 Å². The van der Waals surface area contributed by atoms with E-state index in [0.29, 0.717) is 0 Å². The van der Waals surface area contributed by atoms with Crippen LogP contribution in [0, 0.1) is 10.1 Å². The van der Waals surface area contributed by atoms with Gasteiger partial charge in [0.25, 0.3) is 5.69 Å². The van der Waals surface area contributed by atoms with Crippen molar-refractivity contribution in [2.75, 3.05) is 0 Å². The molecule has 5 heteroatoms. The van der Waals surface area contributed by atoms with Crippen molar-refractivity contribution >= 4 is 29.6 Å². The van der Waals surface area contributed by atoms with Crippen LogP contribution in [0.5, 0.6) is 5.75 Å². The van der Waals surface area contributed by atoms with Gasteiger partial charge in [-0.05, 0) is 0 Å². The van der Waals surface area contributed by atoms with Gasteiger partial charge in [-0.25, -0.2) is 0 Å². The molecule has 0 saturated carbocycles. The van der Waals surface area contributed by atoms with E-state index in [4.69, 9.17) is 0 Å². The van der Waals surface area contributed by atoms with Gasteiger partial charge >= 0.3 is 23.9 Å². The molecular weight excluding hydrogens is 253 g/mol. The summed E-state index contributed by atoms with van der Waals surface area (Å²) in [7, 11) is 0. The first kappa shape index (κ1) is 10.2. The van der Waals surface area contributed by atoms with Gasteiger partial charge in [0.05, 0.1) is 4.92 Å². The second-order valence-corrected chi connectivity index (χ2v) is 1.75. The molecule has 0 saturated heterocycles. The molecule has 1 rings (SSSR count). The number of hydrogen-bond acceptors (Lipinski definition) is 3. The molecule has 0 atom stereocenters. The van der Waals surface area contributed by atoms with E-state index in [1.54, 1.807) is 0 Å². The Balaban J connectivity index is 0.000001000. The molecule has 0 aliphatic rings. The quantitative estimate of drug-likeness (QED) is 0.412. The van der Waals surface area contributed by atoms with Crippen LogP contribution in [-0.4, -0.2) is 28.8 Å². The second-order valence-electron chi connectivity index (χ2n) is 1.75. The maximum absolute atomic E-state index is 10.4. The van der Waals surface area contributed by atoms with Crippen molar-refractivity contribution in [2.45, 2.75) is 0 Å². The van der Waals surface area contributed by atoms with Crippen LogP contribution in [-0.2, 0) is 0 Å². The van der Waals surface area contributed by atoms with Crippen molar-refractivity contribution in [1.82, 2.24) is 0 Å². The van der Waals surface area contributed by atoms with Crippen molar-refractivity contribution in [3.05, 3.63) is 34.4 Å². The van der Waals surface area contributed by atoms with Gasteiger partial charge in [0.2, 0.25) is 0 Å². The third-order valence-corrected chi connectivity index (χ3v) is 1.05. The van der Waals surface area contributed by atoms with Gasteiger partial charge in [-0.1, -0.05) is 12.1 Å². The van der Waals surface area contributed by atoms with Crippen molar-refractivity contribution in [1.29, 1.82) is 0 Å². The minimum atomic E-state index is -0.542. The van der Waals surface area contributed by atoms with Crippen LogP contribution in [0.15, 0.2) is 24.3 Å². The number of nitro benzene ring substituents is 1. The van der Waals surface area contributed by atoms with Crippen molar-refractivity contribution in [3.8, 4) is 5.75 Å². The summed E-state index contributed by atoms with van der Waals surface area (Å²) >= 11 is 0.